The number of carbonyl (C=O) groups is 1. The van der Waals surface area contributed by atoms with Gasteiger partial charge in [0.15, 0.2) is 0 Å². The summed E-state index contributed by atoms with van der Waals surface area (Å²) in [4.78, 5) is 13.8. The van der Waals surface area contributed by atoms with Gasteiger partial charge in [-0.1, -0.05) is 30.3 Å². The van der Waals surface area contributed by atoms with Crippen molar-refractivity contribution < 1.29 is 4.79 Å². The van der Waals surface area contributed by atoms with Gasteiger partial charge in [-0.05, 0) is 29.8 Å². The Hall–Kier alpha value is -2.80. The predicted octanol–water partition coefficient (Wildman–Crippen LogP) is 3.02. The van der Waals surface area contributed by atoms with Crippen molar-refractivity contribution >= 4 is 11.6 Å². The van der Waals surface area contributed by atoms with Gasteiger partial charge in [-0.25, -0.2) is 0 Å². The van der Waals surface area contributed by atoms with Gasteiger partial charge in [-0.2, -0.15) is 5.26 Å². The molecule has 0 aliphatic carbocycles. The van der Waals surface area contributed by atoms with Gasteiger partial charge in [-0.15, -0.1) is 0 Å². The van der Waals surface area contributed by atoms with Crippen LogP contribution in [-0.4, -0.2) is 24.4 Å². The molecule has 22 heavy (non-hydrogen) atoms. The van der Waals surface area contributed by atoms with Crippen molar-refractivity contribution in [3.63, 3.8) is 0 Å². The zero-order valence-electron chi connectivity index (χ0n) is 12.6. The fourth-order valence-electron chi connectivity index (χ4n) is 2.11. The second-order valence-corrected chi connectivity index (χ2v) is 5.10. The molecule has 0 saturated heterocycles. The van der Waals surface area contributed by atoms with Gasteiger partial charge in [0.2, 0.25) is 5.91 Å². The summed E-state index contributed by atoms with van der Waals surface area (Å²) in [6.45, 7) is 1.16. The molecule has 0 spiro atoms. The smallest absolute Gasteiger partial charge is 0.224 e. The molecule has 0 atom stereocenters. The highest BCUT2D eigenvalue weighted by atomic mass is 16.2. The third-order valence-electron chi connectivity index (χ3n) is 3.37. The highest BCUT2D eigenvalue weighted by molar-refractivity contribution is 5.76. The minimum Gasteiger partial charge on any atom is -0.385 e. The lowest BCUT2D eigenvalue weighted by Gasteiger charge is -2.17. The van der Waals surface area contributed by atoms with Crippen molar-refractivity contribution in [3.05, 3.63) is 65.7 Å². The molecule has 0 fully saturated rings. The Bertz CT molecular complexity index is 644. The van der Waals surface area contributed by atoms with Gasteiger partial charge in [0.05, 0.1) is 11.6 Å². The van der Waals surface area contributed by atoms with E-state index in [-0.39, 0.29) is 5.91 Å². The van der Waals surface area contributed by atoms with Crippen LogP contribution in [0.5, 0.6) is 0 Å². The molecule has 2 rings (SSSR count). The highest BCUT2D eigenvalue weighted by Gasteiger charge is 2.08. The van der Waals surface area contributed by atoms with Crippen LogP contribution >= 0.6 is 0 Å². The number of amides is 1. The molecule has 1 amide bonds. The van der Waals surface area contributed by atoms with Crippen LogP contribution in [0.3, 0.4) is 0 Å². The Kier molecular flexibility index (Phi) is 5.56. The van der Waals surface area contributed by atoms with Crippen molar-refractivity contribution in [2.75, 3.05) is 18.9 Å². The number of nitriles is 1. The van der Waals surface area contributed by atoms with E-state index in [1.165, 1.54) is 0 Å². The molecule has 4 heteroatoms. The van der Waals surface area contributed by atoms with E-state index in [2.05, 4.69) is 11.4 Å². The van der Waals surface area contributed by atoms with E-state index in [1.54, 1.807) is 24.1 Å². The Morgan fingerprint density at radius 1 is 1.14 bits per heavy atom. The van der Waals surface area contributed by atoms with Crippen molar-refractivity contribution in [2.24, 2.45) is 0 Å². The van der Waals surface area contributed by atoms with Crippen molar-refractivity contribution in [1.82, 2.24) is 4.90 Å². The summed E-state index contributed by atoms with van der Waals surface area (Å²) in [5.41, 5.74) is 2.67. The maximum atomic E-state index is 12.1. The van der Waals surface area contributed by atoms with Gasteiger partial charge in [0.25, 0.3) is 0 Å². The van der Waals surface area contributed by atoms with Crippen molar-refractivity contribution in [1.29, 1.82) is 5.26 Å². The summed E-state index contributed by atoms with van der Waals surface area (Å²) in [5.74, 6) is 0.0905. The first-order chi connectivity index (χ1) is 10.7. The van der Waals surface area contributed by atoms with Crippen LogP contribution in [0.2, 0.25) is 0 Å². The lowest BCUT2D eigenvalue weighted by atomic mass is 10.1. The molecule has 0 aliphatic rings. The summed E-state index contributed by atoms with van der Waals surface area (Å²) in [7, 11) is 1.79. The van der Waals surface area contributed by atoms with Crippen LogP contribution < -0.4 is 5.32 Å². The summed E-state index contributed by atoms with van der Waals surface area (Å²) in [6.07, 6.45) is 0.446. The first-order valence-electron chi connectivity index (χ1n) is 7.21. The predicted molar refractivity (Wildman–Crippen MR) is 87.2 cm³/mol. The molecule has 112 valence electrons. The Morgan fingerprint density at radius 3 is 2.45 bits per heavy atom. The number of carbonyl (C=O) groups excluding carboxylic acids is 1. The average Bonchev–Trinajstić information content (AvgIpc) is 2.56. The molecule has 0 saturated carbocycles. The van der Waals surface area contributed by atoms with Gasteiger partial charge in [0, 0.05) is 32.2 Å². The normalized spacial score (nSPS) is 9.82. The molecule has 0 aromatic heterocycles. The molecule has 4 nitrogen and oxygen atoms in total. The molecule has 0 aliphatic heterocycles. The first kappa shape index (κ1) is 15.6. The van der Waals surface area contributed by atoms with E-state index >= 15 is 0 Å². The monoisotopic (exact) mass is 293 g/mol. The fourth-order valence-corrected chi connectivity index (χ4v) is 2.11. The molecule has 0 bridgehead atoms. The third-order valence-corrected chi connectivity index (χ3v) is 3.37. The molecule has 0 heterocycles. The fraction of sp³-hybridized carbons (Fsp3) is 0.222. The maximum absolute atomic E-state index is 12.1. The van der Waals surface area contributed by atoms with Crippen LogP contribution in [0, 0.1) is 11.3 Å². The average molecular weight is 293 g/mol. The van der Waals surface area contributed by atoms with Gasteiger partial charge < -0.3 is 10.2 Å². The molecule has 0 unspecified atom stereocenters. The maximum Gasteiger partial charge on any atom is 0.224 e. The van der Waals surface area contributed by atoms with E-state index in [0.29, 0.717) is 25.1 Å². The van der Waals surface area contributed by atoms with Gasteiger partial charge in [-0.3, -0.25) is 4.79 Å². The Morgan fingerprint density at radius 2 is 1.82 bits per heavy atom. The number of hydrogen-bond donors (Lipinski definition) is 1. The second kappa shape index (κ2) is 7.84. The summed E-state index contributed by atoms with van der Waals surface area (Å²) >= 11 is 0. The molecule has 2 aromatic rings. The van der Waals surface area contributed by atoms with E-state index < -0.39 is 0 Å². The topological polar surface area (TPSA) is 56.1 Å². The molecular weight excluding hydrogens is 274 g/mol. The van der Waals surface area contributed by atoms with Crippen LogP contribution in [0.25, 0.3) is 0 Å². The van der Waals surface area contributed by atoms with E-state index in [0.717, 1.165) is 11.3 Å². The lowest BCUT2D eigenvalue weighted by Crippen LogP contribution is -2.27. The van der Waals surface area contributed by atoms with Gasteiger partial charge in [0.1, 0.15) is 0 Å². The van der Waals surface area contributed by atoms with E-state index in [4.69, 9.17) is 5.26 Å². The lowest BCUT2D eigenvalue weighted by molar-refractivity contribution is -0.130. The molecular formula is C18H19N3O. The zero-order valence-corrected chi connectivity index (χ0v) is 12.6. The summed E-state index contributed by atoms with van der Waals surface area (Å²) in [5, 5.41) is 12.0. The second-order valence-electron chi connectivity index (χ2n) is 5.10. The number of rotatable bonds is 6. The number of benzene rings is 2. The Labute approximate surface area is 131 Å². The Balaban J connectivity index is 1.78. The zero-order chi connectivity index (χ0) is 15.8. The molecule has 0 radical (unpaired) electrons. The standard InChI is InChI=1S/C18H19N3O/c1-21(14-16-9-7-15(13-19)8-10-16)18(22)11-12-20-17-5-3-2-4-6-17/h2-10,20H,11-12,14H2,1H3. The minimum absolute atomic E-state index is 0.0905. The SMILES string of the molecule is CN(Cc1ccc(C#N)cc1)C(=O)CCNc1ccccc1. The van der Waals surface area contributed by atoms with Crippen LogP contribution in [0.1, 0.15) is 17.5 Å². The van der Waals surface area contributed by atoms with E-state index in [9.17, 15) is 4.79 Å². The molecule has 1 N–H and O–H groups in total. The van der Waals surface area contributed by atoms with Crippen LogP contribution in [0.15, 0.2) is 54.6 Å². The number of hydrogen-bond acceptors (Lipinski definition) is 3. The number of nitrogens with one attached hydrogen (secondary N) is 1. The van der Waals surface area contributed by atoms with E-state index in [1.807, 2.05) is 42.5 Å². The van der Waals surface area contributed by atoms with Crippen molar-refractivity contribution in [3.8, 4) is 6.07 Å². The summed E-state index contributed by atoms with van der Waals surface area (Å²) < 4.78 is 0. The number of anilines is 1. The van der Waals surface area contributed by atoms with Crippen LogP contribution in [0.4, 0.5) is 5.69 Å². The quantitative estimate of drug-likeness (QED) is 0.890. The summed E-state index contributed by atoms with van der Waals surface area (Å²) in [6, 6.07) is 19.2. The van der Waals surface area contributed by atoms with Crippen molar-refractivity contribution in [2.45, 2.75) is 13.0 Å². The number of para-hydroxylation sites is 1. The van der Waals surface area contributed by atoms with Crippen LogP contribution in [-0.2, 0) is 11.3 Å². The van der Waals surface area contributed by atoms with Gasteiger partial charge >= 0.3 is 0 Å². The molecule has 2 aromatic carbocycles. The largest absolute Gasteiger partial charge is 0.385 e. The number of nitrogens with zero attached hydrogens (tertiary/aromatic N) is 2. The first-order valence-corrected chi connectivity index (χ1v) is 7.21. The highest BCUT2D eigenvalue weighted by Crippen LogP contribution is 2.08. The third kappa shape index (κ3) is 4.64. The minimum atomic E-state index is 0.0905.